The smallest absolute Gasteiger partial charge is 0.319 e. The molecule has 0 bridgehead atoms. The highest BCUT2D eigenvalue weighted by Gasteiger charge is 2.45. The van der Waals surface area contributed by atoms with Crippen molar-refractivity contribution in [2.24, 2.45) is 0 Å². The molecule has 3 fully saturated rings. The third-order valence-electron chi connectivity index (χ3n) is 9.75. The highest BCUT2D eigenvalue weighted by Crippen LogP contribution is 2.40. The van der Waals surface area contributed by atoms with Gasteiger partial charge in [0.05, 0.1) is 34.6 Å². The zero-order valence-corrected chi connectivity index (χ0v) is 25.8. The molecule has 1 aromatic heterocycles. The van der Waals surface area contributed by atoms with Crippen LogP contribution in [0, 0.1) is 17.1 Å². The molecule has 4 aromatic rings. The number of aromatic nitrogens is 2. The number of ether oxygens (including phenoxy) is 1. The fourth-order valence-corrected chi connectivity index (χ4v) is 7.78. The van der Waals surface area contributed by atoms with E-state index in [1.54, 1.807) is 11.0 Å². The summed E-state index contributed by atoms with van der Waals surface area (Å²) in [5, 5.41) is 11.9. The van der Waals surface area contributed by atoms with E-state index < -0.39 is 5.82 Å². The Hall–Kier alpha value is -4.26. The highest BCUT2D eigenvalue weighted by atomic mass is 35.5. The number of fused-ring (bicyclic) bond motifs is 3. The normalized spacial score (nSPS) is 19.5. The minimum Gasteiger partial charge on any atom is -0.461 e. The molecule has 0 N–H and O–H groups in total. The summed E-state index contributed by atoms with van der Waals surface area (Å²) in [5.74, 6) is 0.0496. The molecular formula is C35H34ClFN6O2. The van der Waals surface area contributed by atoms with Crippen molar-refractivity contribution < 1.29 is 13.9 Å². The third kappa shape index (κ3) is 5.26. The second kappa shape index (κ2) is 11.9. The Bertz CT molecular complexity index is 1850. The summed E-state index contributed by atoms with van der Waals surface area (Å²) in [6.45, 7) is 7.77. The molecule has 230 valence electrons. The largest absolute Gasteiger partial charge is 0.461 e. The molecule has 0 radical (unpaired) electrons. The number of rotatable bonds is 7. The van der Waals surface area contributed by atoms with Crippen molar-refractivity contribution in [2.75, 3.05) is 44.2 Å². The standard InChI is InChI=1S/C35H34ClFN6O2/c1-2-30(44)43-19-18-41(21-25(43)12-15-38)33-27-10-8-24(26-7-3-6-23-9-11-28(37)32(36)31(23)26)20-29(27)39-34(40-33)45-22-35-13-4-16-42(35)17-5-14-35/h2-3,6-11,20,25H,1,4-5,12-14,16-19,21-22H2/t25-/m0/s1. The van der Waals surface area contributed by atoms with Crippen molar-refractivity contribution in [3.8, 4) is 23.2 Å². The Kier molecular flexibility index (Phi) is 7.80. The first-order valence-corrected chi connectivity index (χ1v) is 15.9. The number of piperazine rings is 1. The first-order chi connectivity index (χ1) is 21.9. The van der Waals surface area contributed by atoms with Gasteiger partial charge in [-0.3, -0.25) is 9.69 Å². The molecule has 10 heteroatoms. The lowest BCUT2D eigenvalue weighted by Gasteiger charge is -2.41. The first-order valence-electron chi connectivity index (χ1n) is 15.5. The van der Waals surface area contributed by atoms with Gasteiger partial charge in [0.1, 0.15) is 18.2 Å². The summed E-state index contributed by atoms with van der Waals surface area (Å²) in [6, 6.07) is 17.1. The summed E-state index contributed by atoms with van der Waals surface area (Å²) in [6.07, 6.45) is 6.03. The maximum atomic E-state index is 14.6. The monoisotopic (exact) mass is 624 g/mol. The Balaban J connectivity index is 1.31. The van der Waals surface area contributed by atoms with Crippen LogP contribution in [0.1, 0.15) is 32.1 Å². The van der Waals surface area contributed by atoms with E-state index >= 15 is 0 Å². The predicted octanol–water partition coefficient (Wildman–Crippen LogP) is 6.37. The summed E-state index contributed by atoms with van der Waals surface area (Å²) in [4.78, 5) is 28.8. The Morgan fingerprint density at radius 2 is 1.96 bits per heavy atom. The van der Waals surface area contributed by atoms with Gasteiger partial charge in [0, 0.05) is 30.4 Å². The molecular weight excluding hydrogens is 591 g/mol. The fourth-order valence-electron chi connectivity index (χ4n) is 7.51. The van der Waals surface area contributed by atoms with Crippen LogP contribution in [0.3, 0.4) is 0 Å². The van der Waals surface area contributed by atoms with E-state index in [9.17, 15) is 14.4 Å². The molecule has 0 spiro atoms. The van der Waals surface area contributed by atoms with Crippen LogP contribution in [-0.4, -0.2) is 76.6 Å². The highest BCUT2D eigenvalue weighted by molar-refractivity contribution is 6.36. The summed E-state index contributed by atoms with van der Waals surface area (Å²) >= 11 is 6.49. The van der Waals surface area contributed by atoms with E-state index in [1.807, 2.05) is 36.4 Å². The van der Waals surface area contributed by atoms with Crippen LogP contribution < -0.4 is 9.64 Å². The number of benzene rings is 3. The molecule has 8 nitrogen and oxygen atoms in total. The number of carbonyl (C=O) groups is 1. The number of hydrogen-bond acceptors (Lipinski definition) is 7. The van der Waals surface area contributed by atoms with Gasteiger partial charge in [0.2, 0.25) is 5.91 Å². The number of nitrogens with zero attached hydrogens (tertiary/aromatic N) is 6. The van der Waals surface area contributed by atoms with Crippen LogP contribution in [0.15, 0.2) is 61.2 Å². The van der Waals surface area contributed by atoms with E-state index in [2.05, 4.69) is 22.4 Å². The van der Waals surface area contributed by atoms with Crippen molar-refractivity contribution >= 4 is 45.0 Å². The van der Waals surface area contributed by atoms with Crippen LogP contribution >= 0.6 is 11.6 Å². The van der Waals surface area contributed by atoms with E-state index in [0.29, 0.717) is 49.0 Å². The maximum absolute atomic E-state index is 14.6. The maximum Gasteiger partial charge on any atom is 0.319 e. The quantitative estimate of drug-likeness (QED) is 0.221. The Morgan fingerprint density at radius 3 is 2.73 bits per heavy atom. The van der Waals surface area contributed by atoms with E-state index in [-0.39, 0.29) is 28.9 Å². The van der Waals surface area contributed by atoms with Gasteiger partial charge in [-0.25, -0.2) is 4.39 Å². The number of hydrogen-bond donors (Lipinski definition) is 0. The van der Waals surface area contributed by atoms with Crippen molar-refractivity contribution in [1.82, 2.24) is 19.8 Å². The lowest BCUT2D eigenvalue weighted by molar-refractivity contribution is -0.128. The van der Waals surface area contributed by atoms with E-state index in [4.69, 9.17) is 26.3 Å². The van der Waals surface area contributed by atoms with Gasteiger partial charge in [0.25, 0.3) is 0 Å². The molecule has 3 aliphatic heterocycles. The van der Waals surface area contributed by atoms with Gasteiger partial charge >= 0.3 is 6.01 Å². The second-order valence-electron chi connectivity index (χ2n) is 12.2. The van der Waals surface area contributed by atoms with E-state index in [0.717, 1.165) is 47.8 Å². The van der Waals surface area contributed by atoms with Gasteiger partial charge in [-0.2, -0.15) is 15.2 Å². The molecule has 0 unspecified atom stereocenters. The van der Waals surface area contributed by atoms with Crippen molar-refractivity contribution in [3.63, 3.8) is 0 Å². The number of nitriles is 1. The van der Waals surface area contributed by atoms with Crippen LogP contribution in [-0.2, 0) is 4.79 Å². The first kappa shape index (κ1) is 29.5. The van der Waals surface area contributed by atoms with Gasteiger partial charge in [0.15, 0.2) is 0 Å². The SMILES string of the molecule is C=CC(=O)N1CCN(c2nc(OCC34CCCN3CCC4)nc3cc(-c4cccc5ccc(F)c(Cl)c45)ccc23)C[C@@H]1CC#N. The van der Waals surface area contributed by atoms with Gasteiger partial charge < -0.3 is 14.5 Å². The Labute approximate surface area is 266 Å². The summed E-state index contributed by atoms with van der Waals surface area (Å²) in [5.41, 5.74) is 2.36. The van der Waals surface area contributed by atoms with Gasteiger partial charge in [-0.05, 0) is 79.6 Å². The topological polar surface area (TPSA) is 85.6 Å². The summed E-state index contributed by atoms with van der Waals surface area (Å²) < 4.78 is 21.0. The average molecular weight is 625 g/mol. The lowest BCUT2D eigenvalue weighted by atomic mass is 9.95. The summed E-state index contributed by atoms with van der Waals surface area (Å²) in [7, 11) is 0. The van der Waals surface area contributed by atoms with Crippen LogP contribution in [0.5, 0.6) is 6.01 Å². The molecule has 3 saturated heterocycles. The number of halogens is 2. The molecule has 7 rings (SSSR count). The lowest BCUT2D eigenvalue weighted by Crippen LogP contribution is -2.55. The zero-order valence-electron chi connectivity index (χ0n) is 25.0. The molecule has 1 atom stereocenters. The molecule has 1 amide bonds. The molecule has 3 aromatic carbocycles. The fraction of sp³-hybridized carbons (Fsp3) is 0.371. The minimum atomic E-state index is -0.467. The third-order valence-corrected chi connectivity index (χ3v) is 10.1. The van der Waals surface area contributed by atoms with Crippen LogP contribution in [0.2, 0.25) is 5.02 Å². The van der Waals surface area contributed by atoms with Gasteiger partial charge in [-0.1, -0.05) is 48.5 Å². The zero-order chi connectivity index (χ0) is 31.1. The van der Waals surface area contributed by atoms with Crippen molar-refractivity contribution in [3.05, 3.63) is 72.0 Å². The average Bonchev–Trinajstić information content (AvgIpc) is 3.65. The van der Waals surface area contributed by atoms with Crippen LogP contribution in [0.25, 0.3) is 32.8 Å². The Morgan fingerprint density at radius 1 is 1.13 bits per heavy atom. The van der Waals surface area contributed by atoms with Gasteiger partial charge in [-0.15, -0.1) is 0 Å². The molecule has 4 heterocycles. The second-order valence-corrected chi connectivity index (χ2v) is 12.6. The molecule has 3 aliphatic rings. The molecule has 0 saturated carbocycles. The van der Waals surface area contributed by atoms with E-state index in [1.165, 1.54) is 25.0 Å². The number of anilines is 1. The molecule has 0 aliphatic carbocycles. The van der Waals surface area contributed by atoms with Crippen molar-refractivity contribution in [1.29, 1.82) is 5.26 Å². The van der Waals surface area contributed by atoms with Crippen LogP contribution in [0.4, 0.5) is 10.2 Å². The molecule has 45 heavy (non-hydrogen) atoms. The number of amides is 1. The van der Waals surface area contributed by atoms with Crippen molar-refractivity contribution in [2.45, 2.75) is 43.7 Å². The number of carbonyl (C=O) groups excluding carboxylic acids is 1. The minimum absolute atomic E-state index is 0.0265. The predicted molar refractivity (Wildman–Crippen MR) is 174 cm³/mol.